The predicted octanol–water partition coefficient (Wildman–Crippen LogP) is 4.61. The molecule has 0 aliphatic carbocycles. The van der Waals surface area contributed by atoms with Gasteiger partial charge in [-0.1, -0.05) is 40.2 Å². The van der Waals surface area contributed by atoms with Crippen LogP contribution in [-0.4, -0.2) is 9.78 Å². The van der Waals surface area contributed by atoms with Crippen molar-refractivity contribution in [2.75, 3.05) is 0 Å². The molecule has 0 aliphatic heterocycles. The van der Waals surface area contributed by atoms with Crippen molar-refractivity contribution in [2.45, 2.75) is 6.92 Å². The maximum atomic E-state index is 4.43. The third-order valence-corrected chi connectivity index (χ3v) is 3.50. The van der Waals surface area contributed by atoms with Gasteiger partial charge in [-0.2, -0.15) is 5.10 Å². The number of aromatic nitrogens is 2. The minimum Gasteiger partial charge on any atom is -0.240 e. The Hall–Kier alpha value is -1.87. The molecule has 0 atom stereocenters. The van der Waals surface area contributed by atoms with Gasteiger partial charge in [0.25, 0.3) is 0 Å². The number of hydrogen-bond donors (Lipinski definition) is 0. The van der Waals surface area contributed by atoms with E-state index in [1.807, 2.05) is 29.1 Å². The second-order valence-electron chi connectivity index (χ2n) is 4.52. The Bertz CT molecular complexity index is 656. The number of aryl methyl sites for hydroxylation is 1. The van der Waals surface area contributed by atoms with Gasteiger partial charge in [0.1, 0.15) is 0 Å². The van der Waals surface area contributed by atoms with Crippen LogP contribution in [0.2, 0.25) is 0 Å². The molecule has 0 saturated carbocycles. The lowest BCUT2D eigenvalue weighted by Crippen LogP contribution is -1.93. The van der Waals surface area contributed by atoms with Gasteiger partial charge in [0.15, 0.2) is 0 Å². The van der Waals surface area contributed by atoms with E-state index in [0.717, 1.165) is 21.3 Å². The fourth-order valence-electron chi connectivity index (χ4n) is 2.05. The summed E-state index contributed by atoms with van der Waals surface area (Å²) in [7, 11) is 0. The van der Waals surface area contributed by atoms with Gasteiger partial charge in [-0.3, -0.25) is 0 Å². The van der Waals surface area contributed by atoms with Gasteiger partial charge in [-0.15, -0.1) is 0 Å². The molecule has 3 aromatic rings. The highest BCUT2D eigenvalue weighted by molar-refractivity contribution is 9.10. The largest absolute Gasteiger partial charge is 0.240 e. The molecule has 0 fully saturated rings. The molecule has 2 nitrogen and oxygen atoms in total. The Morgan fingerprint density at radius 2 is 1.84 bits per heavy atom. The first-order valence-electron chi connectivity index (χ1n) is 6.10. The van der Waals surface area contributed by atoms with E-state index in [4.69, 9.17) is 0 Å². The Balaban J connectivity index is 2.00. The molecule has 0 aliphatic rings. The van der Waals surface area contributed by atoms with Crippen molar-refractivity contribution in [3.05, 3.63) is 71.0 Å². The zero-order valence-electron chi connectivity index (χ0n) is 10.5. The van der Waals surface area contributed by atoms with Crippen LogP contribution >= 0.6 is 15.9 Å². The van der Waals surface area contributed by atoms with Gasteiger partial charge in [-0.25, -0.2) is 4.68 Å². The Labute approximate surface area is 120 Å². The maximum absolute atomic E-state index is 4.43. The van der Waals surface area contributed by atoms with Crippen molar-refractivity contribution in [3.8, 4) is 16.8 Å². The van der Waals surface area contributed by atoms with E-state index in [0.29, 0.717) is 0 Å². The smallest absolute Gasteiger partial charge is 0.0648 e. The van der Waals surface area contributed by atoms with Crippen molar-refractivity contribution in [3.63, 3.8) is 0 Å². The summed E-state index contributed by atoms with van der Waals surface area (Å²) in [6, 6.07) is 16.5. The summed E-state index contributed by atoms with van der Waals surface area (Å²) in [5.41, 5.74) is 4.59. The SMILES string of the molecule is Cc1cccc(-n2cc(-c3cccc(Br)c3)cn2)c1. The summed E-state index contributed by atoms with van der Waals surface area (Å²) >= 11 is 3.49. The first-order valence-corrected chi connectivity index (χ1v) is 6.89. The molecule has 3 heteroatoms. The van der Waals surface area contributed by atoms with Crippen molar-refractivity contribution < 1.29 is 0 Å². The maximum Gasteiger partial charge on any atom is 0.0648 e. The normalized spacial score (nSPS) is 10.6. The van der Waals surface area contributed by atoms with Gasteiger partial charge in [0.2, 0.25) is 0 Å². The van der Waals surface area contributed by atoms with E-state index in [1.165, 1.54) is 5.56 Å². The second kappa shape index (κ2) is 5.02. The van der Waals surface area contributed by atoms with E-state index >= 15 is 0 Å². The Morgan fingerprint density at radius 3 is 2.63 bits per heavy atom. The fourth-order valence-corrected chi connectivity index (χ4v) is 2.45. The predicted molar refractivity (Wildman–Crippen MR) is 81.4 cm³/mol. The molecule has 1 aromatic heterocycles. The number of hydrogen-bond acceptors (Lipinski definition) is 1. The van der Waals surface area contributed by atoms with Crippen molar-refractivity contribution in [1.29, 1.82) is 0 Å². The van der Waals surface area contributed by atoms with Crippen LogP contribution in [0.4, 0.5) is 0 Å². The molecule has 0 spiro atoms. The van der Waals surface area contributed by atoms with Crippen LogP contribution in [0, 0.1) is 6.92 Å². The lowest BCUT2D eigenvalue weighted by atomic mass is 10.1. The van der Waals surface area contributed by atoms with Crippen molar-refractivity contribution >= 4 is 15.9 Å². The molecule has 0 N–H and O–H groups in total. The van der Waals surface area contributed by atoms with Crippen LogP contribution < -0.4 is 0 Å². The molecular formula is C16H13BrN2. The first-order chi connectivity index (χ1) is 9.22. The molecule has 19 heavy (non-hydrogen) atoms. The zero-order valence-corrected chi connectivity index (χ0v) is 12.1. The molecular weight excluding hydrogens is 300 g/mol. The number of halogens is 1. The van der Waals surface area contributed by atoms with Gasteiger partial charge >= 0.3 is 0 Å². The van der Waals surface area contributed by atoms with Gasteiger partial charge < -0.3 is 0 Å². The highest BCUT2D eigenvalue weighted by atomic mass is 79.9. The molecule has 3 rings (SSSR count). The Kier molecular flexibility index (Phi) is 3.22. The minimum absolute atomic E-state index is 1.08. The molecule has 94 valence electrons. The van der Waals surface area contributed by atoms with E-state index < -0.39 is 0 Å². The average Bonchev–Trinajstić information content (AvgIpc) is 2.88. The lowest BCUT2D eigenvalue weighted by Gasteiger charge is -2.02. The molecule has 0 bridgehead atoms. The minimum atomic E-state index is 1.08. The highest BCUT2D eigenvalue weighted by Gasteiger charge is 2.03. The summed E-state index contributed by atoms with van der Waals surface area (Å²) < 4.78 is 2.98. The molecule has 0 radical (unpaired) electrons. The van der Waals surface area contributed by atoms with Crippen LogP contribution in [0.25, 0.3) is 16.8 Å². The van der Waals surface area contributed by atoms with Crippen LogP contribution in [0.1, 0.15) is 5.56 Å². The molecule has 1 heterocycles. The van der Waals surface area contributed by atoms with Crippen molar-refractivity contribution in [2.24, 2.45) is 0 Å². The Morgan fingerprint density at radius 1 is 1.00 bits per heavy atom. The summed E-state index contributed by atoms with van der Waals surface area (Å²) in [5.74, 6) is 0. The zero-order chi connectivity index (χ0) is 13.2. The van der Waals surface area contributed by atoms with E-state index in [9.17, 15) is 0 Å². The quantitative estimate of drug-likeness (QED) is 0.675. The number of nitrogens with zero attached hydrogens (tertiary/aromatic N) is 2. The first kappa shape index (κ1) is 12.2. The van der Waals surface area contributed by atoms with Crippen LogP contribution in [-0.2, 0) is 0 Å². The number of benzene rings is 2. The van der Waals surface area contributed by atoms with Crippen LogP contribution in [0.5, 0.6) is 0 Å². The fraction of sp³-hybridized carbons (Fsp3) is 0.0625. The summed E-state index contributed by atoms with van der Waals surface area (Å²) in [6.07, 6.45) is 3.95. The molecule has 0 amide bonds. The summed E-state index contributed by atoms with van der Waals surface area (Å²) in [5, 5.41) is 4.43. The van der Waals surface area contributed by atoms with E-state index in [1.54, 1.807) is 0 Å². The van der Waals surface area contributed by atoms with Gasteiger partial charge in [0, 0.05) is 16.2 Å². The third-order valence-electron chi connectivity index (χ3n) is 3.01. The second-order valence-corrected chi connectivity index (χ2v) is 5.44. The molecule has 0 saturated heterocycles. The standard InChI is InChI=1S/C16H13BrN2/c1-12-4-2-7-16(8-12)19-11-14(10-18-19)13-5-3-6-15(17)9-13/h2-11H,1H3. The van der Waals surface area contributed by atoms with Crippen LogP contribution in [0.3, 0.4) is 0 Å². The van der Waals surface area contributed by atoms with Gasteiger partial charge in [0.05, 0.1) is 11.9 Å². The number of rotatable bonds is 2. The van der Waals surface area contributed by atoms with Gasteiger partial charge in [-0.05, 0) is 42.3 Å². The monoisotopic (exact) mass is 312 g/mol. The topological polar surface area (TPSA) is 17.8 Å². The van der Waals surface area contributed by atoms with Crippen LogP contribution in [0.15, 0.2) is 65.4 Å². The molecule has 0 unspecified atom stereocenters. The van der Waals surface area contributed by atoms with E-state index in [2.05, 4.69) is 64.5 Å². The average molecular weight is 313 g/mol. The summed E-state index contributed by atoms with van der Waals surface area (Å²) in [6.45, 7) is 2.09. The van der Waals surface area contributed by atoms with E-state index in [-0.39, 0.29) is 0 Å². The lowest BCUT2D eigenvalue weighted by molar-refractivity contribution is 0.879. The third kappa shape index (κ3) is 2.61. The summed E-state index contributed by atoms with van der Waals surface area (Å²) in [4.78, 5) is 0. The highest BCUT2D eigenvalue weighted by Crippen LogP contribution is 2.23. The van der Waals surface area contributed by atoms with Crippen molar-refractivity contribution in [1.82, 2.24) is 9.78 Å². The molecule has 2 aromatic carbocycles.